The summed E-state index contributed by atoms with van der Waals surface area (Å²) in [6, 6.07) is 8.81. The number of benzene rings is 1. The van der Waals surface area contributed by atoms with Crippen LogP contribution in [0.4, 0.5) is 0 Å². The minimum Gasteiger partial charge on any atom is -0.336 e. The van der Waals surface area contributed by atoms with Crippen LogP contribution in [0.3, 0.4) is 0 Å². The average Bonchev–Trinajstić information content (AvgIpc) is 2.86. The van der Waals surface area contributed by atoms with Crippen LogP contribution in [0.15, 0.2) is 24.3 Å². The van der Waals surface area contributed by atoms with E-state index in [1.807, 2.05) is 4.90 Å². The maximum Gasteiger partial charge on any atom is 0.223 e. The molecule has 18 heavy (non-hydrogen) atoms. The fraction of sp³-hybridized carbons (Fsp3) is 0.533. The first-order valence-electron chi connectivity index (χ1n) is 6.78. The second-order valence-electron chi connectivity index (χ2n) is 5.05. The topological polar surface area (TPSA) is 46.3 Å². The van der Waals surface area contributed by atoms with Gasteiger partial charge in [-0.1, -0.05) is 29.8 Å². The SMILES string of the molecule is Cc1ccc(C2CCCN2C(=O)CCCN)cc1. The Morgan fingerprint density at radius 1 is 1.39 bits per heavy atom. The molecule has 1 aromatic carbocycles. The molecule has 0 radical (unpaired) electrons. The van der Waals surface area contributed by atoms with Gasteiger partial charge in [0.2, 0.25) is 5.91 Å². The van der Waals surface area contributed by atoms with Crippen molar-refractivity contribution in [2.45, 2.75) is 38.6 Å². The number of nitrogens with zero attached hydrogens (tertiary/aromatic N) is 1. The maximum atomic E-state index is 12.1. The number of nitrogens with two attached hydrogens (primary N) is 1. The molecule has 98 valence electrons. The lowest BCUT2D eigenvalue weighted by molar-refractivity contribution is -0.132. The number of aryl methyl sites for hydroxylation is 1. The predicted molar refractivity (Wildman–Crippen MR) is 73.2 cm³/mol. The summed E-state index contributed by atoms with van der Waals surface area (Å²) in [5.74, 6) is 0.253. The van der Waals surface area contributed by atoms with Gasteiger partial charge in [0.05, 0.1) is 6.04 Å². The van der Waals surface area contributed by atoms with Gasteiger partial charge in [-0.05, 0) is 38.3 Å². The molecule has 0 bridgehead atoms. The molecule has 2 rings (SSSR count). The van der Waals surface area contributed by atoms with Crippen LogP contribution in [0.1, 0.15) is 42.9 Å². The van der Waals surface area contributed by atoms with E-state index in [0.717, 1.165) is 25.8 Å². The molecule has 1 unspecified atom stereocenters. The van der Waals surface area contributed by atoms with E-state index in [9.17, 15) is 4.79 Å². The monoisotopic (exact) mass is 246 g/mol. The summed E-state index contributed by atoms with van der Waals surface area (Å²) >= 11 is 0. The van der Waals surface area contributed by atoms with Crippen molar-refractivity contribution in [2.24, 2.45) is 5.73 Å². The molecule has 3 heteroatoms. The Labute approximate surface area is 109 Å². The van der Waals surface area contributed by atoms with Crippen molar-refractivity contribution in [3.05, 3.63) is 35.4 Å². The van der Waals surface area contributed by atoms with Crippen molar-refractivity contribution in [1.29, 1.82) is 0 Å². The van der Waals surface area contributed by atoms with Gasteiger partial charge in [-0.15, -0.1) is 0 Å². The third-order valence-electron chi connectivity index (χ3n) is 3.63. The third-order valence-corrected chi connectivity index (χ3v) is 3.63. The van der Waals surface area contributed by atoms with Gasteiger partial charge in [-0.3, -0.25) is 4.79 Å². The Hall–Kier alpha value is -1.35. The van der Waals surface area contributed by atoms with Crippen LogP contribution >= 0.6 is 0 Å². The zero-order chi connectivity index (χ0) is 13.0. The van der Waals surface area contributed by atoms with E-state index < -0.39 is 0 Å². The van der Waals surface area contributed by atoms with E-state index in [2.05, 4.69) is 31.2 Å². The third kappa shape index (κ3) is 2.91. The minimum atomic E-state index is 0.253. The molecular weight excluding hydrogens is 224 g/mol. The highest BCUT2D eigenvalue weighted by Gasteiger charge is 2.29. The van der Waals surface area contributed by atoms with Gasteiger partial charge in [-0.25, -0.2) is 0 Å². The number of amides is 1. The molecule has 1 heterocycles. The molecule has 1 aliphatic rings. The Bertz CT molecular complexity index is 399. The van der Waals surface area contributed by atoms with Gasteiger partial charge in [0.25, 0.3) is 0 Å². The first-order valence-corrected chi connectivity index (χ1v) is 6.78. The summed E-state index contributed by atoms with van der Waals surface area (Å²) in [5, 5.41) is 0. The van der Waals surface area contributed by atoms with Crippen molar-refractivity contribution in [3.8, 4) is 0 Å². The van der Waals surface area contributed by atoms with Crippen LogP contribution in [-0.2, 0) is 4.79 Å². The summed E-state index contributed by atoms with van der Waals surface area (Å²) in [4.78, 5) is 14.2. The van der Waals surface area contributed by atoms with E-state index in [4.69, 9.17) is 5.73 Å². The lowest BCUT2D eigenvalue weighted by atomic mass is 10.0. The number of likely N-dealkylation sites (tertiary alicyclic amines) is 1. The van der Waals surface area contributed by atoms with Gasteiger partial charge in [0.15, 0.2) is 0 Å². The maximum absolute atomic E-state index is 12.1. The highest BCUT2D eigenvalue weighted by atomic mass is 16.2. The summed E-state index contributed by atoms with van der Waals surface area (Å²) in [6.07, 6.45) is 3.55. The van der Waals surface area contributed by atoms with Crippen molar-refractivity contribution >= 4 is 5.91 Å². The normalized spacial score (nSPS) is 19.2. The molecule has 0 aliphatic carbocycles. The Morgan fingerprint density at radius 3 is 2.78 bits per heavy atom. The predicted octanol–water partition coefficient (Wildman–Crippen LogP) is 2.40. The van der Waals surface area contributed by atoms with Crippen molar-refractivity contribution < 1.29 is 4.79 Å². The van der Waals surface area contributed by atoms with E-state index in [-0.39, 0.29) is 11.9 Å². The quantitative estimate of drug-likeness (QED) is 0.886. The Balaban J connectivity index is 2.07. The van der Waals surface area contributed by atoms with Gasteiger partial charge >= 0.3 is 0 Å². The van der Waals surface area contributed by atoms with Crippen LogP contribution in [0, 0.1) is 6.92 Å². The molecule has 1 amide bonds. The van der Waals surface area contributed by atoms with Gasteiger partial charge in [0.1, 0.15) is 0 Å². The summed E-state index contributed by atoms with van der Waals surface area (Å²) < 4.78 is 0. The lowest BCUT2D eigenvalue weighted by Crippen LogP contribution is -2.30. The Morgan fingerprint density at radius 2 is 2.11 bits per heavy atom. The summed E-state index contributed by atoms with van der Waals surface area (Å²) in [7, 11) is 0. The van der Waals surface area contributed by atoms with E-state index in [1.54, 1.807) is 0 Å². The van der Waals surface area contributed by atoms with Gasteiger partial charge < -0.3 is 10.6 Å². The molecule has 1 atom stereocenters. The van der Waals surface area contributed by atoms with Crippen LogP contribution in [0.5, 0.6) is 0 Å². The van der Waals surface area contributed by atoms with E-state index in [0.29, 0.717) is 13.0 Å². The molecule has 0 saturated carbocycles. The second kappa shape index (κ2) is 6.01. The smallest absolute Gasteiger partial charge is 0.223 e. The summed E-state index contributed by atoms with van der Waals surface area (Å²) in [5.41, 5.74) is 7.99. The molecule has 0 aromatic heterocycles. The van der Waals surface area contributed by atoms with E-state index >= 15 is 0 Å². The lowest BCUT2D eigenvalue weighted by Gasteiger charge is -2.25. The van der Waals surface area contributed by atoms with Crippen molar-refractivity contribution in [3.63, 3.8) is 0 Å². The van der Waals surface area contributed by atoms with Crippen LogP contribution in [-0.4, -0.2) is 23.9 Å². The number of hydrogen-bond donors (Lipinski definition) is 1. The van der Waals surface area contributed by atoms with Crippen LogP contribution in [0.2, 0.25) is 0 Å². The standard InChI is InChI=1S/C15H22N2O/c1-12-6-8-13(9-7-12)14-4-3-11-17(14)15(18)5-2-10-16/h6-9,14H,2-5,10-11,16H2,1H3. The molecule has 1 aliphatic heterocycles. The molecule has 2 N–H and O–H groups in total. The number of carbonyl (C=O) groups is 1. The van der Waals surface area contributed by atoms with Crippen LogP contribution < -0.4 is 5.73 Å². The molecular formula is C15H22N2O. The zero-order valence-electron chi connectivity index (χ0n) is 11.1. The largest absolute Gasteiger partial charge is 0.336 e. The van der Waals surface area contributed by atoms with Crippen LogP contribution in [0.25, 0.3) is 0 Å². The summed E-state index contributed by atoms with van der Waals surface area (Å²) in [6.45, 7) is 3.57. The fourth-order valence-electron chi connectivity index (χ4n) is 2.60. The molecule has 0 spiro atoms. The van der Waals surface area contributed by atoms with Crippen molar-refractivity contribution in [1.82, 2.24) is 4.90 Å². The average molecular weight is 246 g/mol. The fourth-order valence-corrected chi connectivity index (χ4v) is 2.60. The number of hydrogen-bond acceptors (Lipinski definition) is 2. The van der Waals surface area contributed by atoms with Gasteiger partial charge in [-0.2, -0.15) is 0 Å². The number of rotatable bonds is 4. The first-order chi connectivity index (χ1) is 8.72. The molecule has 1 fully saturated rings. The van der Waals surface area contributed by atoms with Gasteiger partial charge in [0, 0.05) is 13.0 Å². The highest BCUT2D eigenvalue weighted by Crippen LogP contribution is 2.32. The molecule has 1 aromatic rings. The second-order valence-corrected chi connectivity index (χ2v) is 5.05. The zero-order valence-corrected chi connectivity index (χ0v) is 11.1. The number of carbonyl (C=O) groups excluding carboxylic acids is 1. The highest BCUT2D eigenvalue weighted by molar-refractivity contribution is 5.77. The Kier molecular flexibility index (Phi) is 4.37. The molecule has 1 saturated heterocycles. The van der Waals surface area contributed by atoms with E-state index in [1.165, 1.54) is 11.1 Å². The van der Waals surface area contributed by atoms with Crippen molar-refractivity contribution in [2.75, 3.05) is 13.1 Å². The molecule has 3 nitrogen and oxygen atoms in total. The first kappa shape index (κ1) is 13.1. The minimum absolute atomic E-state index is 0.253.